The summed E-state index contributed by atoms with van der Waals surface area (Å²) in [6.07, 6.45) is 2.77. The maximum atomic E-state index is 11.9. The van der Waals surface area contributed by atoms with E-state index in [-0.39, 0.29) is 23.7 Å². The number of hydrogen-bond acceptors (Lipinski definition) is 7. The molecule has 0 amide bonds. The maximum absolute atomic E-state index is 11.9. The average molecular weight is 332 g/mol. The van der Waals surface area contributed by atoms with Crippen molar-refractivity contribution in [2.75, 3.05) is 23.9 Å². The number of fused-ring (bicyclic) bond motifs is 1. The minimum atomic E-state index is -3.03. The van der Waals surface area contributed by atoms with E-state index in [4.69, 9.17) is 4.74 Å². The van der Waals surface area contributed by atoms with Gasteiger partial charge in [0.2, 0.25) is 0 Å². The molecule has 1 aliphatic rings. The summed E-state index contributed by atoms with van der Waals surface area (Å²) in [7, 11) is -3.03. The molecule has 1 aromatic rings. The summed E-state index contributed by atoms with van der Waals surface area (Å²) in [5, 5.41) is 3.77. The molecule has 0 aliphatic heterocycles. The number of rotatable bonds is 6. The Morgan fingerprint density at radius 2 is 2.29 bits per heavy atom. The third kappa shape index (κ3) is 4.16. The molecule has 0 spiro atoms. The summed E-state index contributed by atoms with van der Waals surface area (Å²) < 4.78 is 27.6. The zero-order valence-electron chi connectivity index (χ0n) is 12.4. The number of carbonyl (C=O) groups excluding carboxylic acids is 1. The van der Waals surface area contributed by atoms with E-state index in [9.17, 15) is 13.2 Å². The number of thiazole rings is 1. The highest BCUT2D eigenvalue weighted by molar-refractivity contribution is 7.90. The smallest absolute Gasteiger partial charge is 0.315 e. The van der Waals surface area contributed by atoms with Gasteiger partial charge < -0.3 is 10.1 Å². The van der Waals surface area contributed by atoms with Gasteiger partial charge in [0, 0.05) is 17.2 Å². The van der Waals surface area contributed by atoms with Crippen LogP contribution in [0, 0.1) is 0 Å². The van der Waals surface area contributed by atoms with Gasteiger partial charge in [-0.2, -0.15) is 0 Å². The highest BCUT2D eigenvalue weighted by Crippen LogP contribution is 2.39. The predicted octanol–water partition coefficient (Wildman–Crippen LogP) is 1.58. The van der Waals surface area contributed by atoms with Crippen molar-refractivity contribution in [3.63, 3.8) is 0 Å². The second kappa shape index (κ2) is 6.31. The van der Waals surface area contributed by atoms with Gasteiger partial charge in [0.25, 0.3) is 0 Å². The molecular formula is C13H20N2O4S2. The van der Waals surface area contributed by atoms with Crippen LogP contribution >= 0.6 is 11.3 Å². The minimum absolute atomic E-state index is 0.0541. The molecular weight excluding hydrogens is 312 g/mol. The fourth-order valence-corrected chi connectivity index (χ4v) is 4.61. The zero-order chi connectivity index (χ0) is 15.6. The number of aryl methyl sites for hydroxylation is 1. The number of nitrogens with one attached hydrogen (secondary N) is 1. The largest absolute Gasteiger partial charge is 0.465 e. The van der Waals surface area contributed by atoms with E-state index in [1.807, 2.05) is 0 Å². The Bertz CT molecular complexity index is 624. The van der Waals surface area contributed by atoms with Crippen molar-refractivity contribution in [2.24, 2.45) is 0 Å². The van der Waals surface area contributed by atoms with Crippen molar-refractivity contribution >= 4 is 32.3 Å². The molecule has 0 saturated heterocycles. The van der Waals surface area contributed by atoms with Crippen LogP contribution in [-0.2, 0) is 25.8 Å². The van der Waals surface area contributed by atoms with E-state index >= 15 is 0 Å². The molecule has 1 aliphatic carbocycles. The fraction of sp³-hybridized carbons (Fsp3) is 0.692. The van der Waals surface area contributed by atoms with Gasteiger partial charge >= 0.3 is 5.97 Å². The Hall–Kier alpha value is -1.15. The second-order valence-corrected chi connectivity index (χ2v) is 8.58. The number of aromatic nitrogens is 1. The summed E-state index contributed by atoms with van der Waals surface area (Å²) in [6.45, 7) is 3.95. The molecule has 2 atom stereocenters. The fourth-order valence-electron chi connectivity index (χ4n) is 2.47. The van der Waals surface area contributed by atoms with Crippen molar-refractivity contribution < 1.29 is 17.9 Å². The van der Waals surface area contributed by atoms with Crippen LogP contribution in [-0.4, -0.2) is 44.0 Å². The molecule has 8 heteroatoms. The van der Waals surface area contributed by atoms with Crippen LogP contribution in [0.25, 0.3) is 0 Å². The van der Waals surface area contributed by atoms with Crippen LogP contribution in [0.1, 0.15) is 36.8 Å². The summed E-state index contributed by atoms with van der Waals surface area (Å²) in [4.78, 5) is 17.4. The zero-order valence-corrected chi connectivity index (χ0v) is 14.0. The number of carbonyl (C=O) groups is 1. The number of ether oxygens (including phenoxy) is 1. The van der Waals surface area contributed by atoms with Crippen molar-refractivity contribution in [3.05, 3.63) is 10.6 Å². The van der Waals surface area contributed by atoms with E-state index < -0.39 is 9.84 Å². The number of nitrogens with zero attached hydrogens (tertiary/aromatic N) is 1. The van der Waals surface area contributed by atoms with Gasteiger partial charge in [-0.05, 0) is 26.7 Å². The predicted molar refractivity (Wildman–Crippen MR) is 82.6 cm³/mol. The van der Waals surface area contributed by atoms with Gasteiger partial charge in [-0.15, -0.1) is 11.3 Å². The van der Waals surface area contributed by atoms with Crippen LogP contribution in [0.5, 0.6) is 0 Å². The second-order valence-electron chi connectivity index (χ2n) is 5.31. The lowest BCUT2D eigenvalue weighted by Gasteiger charge is -2.12. The number of sulfone groups is 1. The quantitative estimate of drug-likeness (QED) is 0.796. The van der Waals surface area contributed by atoms with Crippen LogP contribution in [0.2, 0.25) is 0 Å². The first-order chi connectivity index (χ1) is 9.80. The lowest BCUT2D eigenvalue weighted by molar-refractivity contribution is -0.145. The monoisotopic (exact) mass is 332 g/mol. The van der Waals surface area contributed by atoms with Crippen molar-refractivity contribution in [2.45, 2.75) is 38.6 Å². The number of hydrogen-bond donors (Lipinski definition) is 1. The van der Waals surface area contributed by atoms with E-state index in [1.165, 1.54) is 17.6 Å². The first kappa shape index (κ1) is 16.2. The van der Waals surface area contributed by atoms with E-state index in [0.717, 1.165) is 23.4 Å². The van der Waals surface area contributed by atoms with Gasteiger partial charge in [0.15, 0.2) is 5.13 Å². The Morgan fingerprint density at radius 1 is 1.57 bits per heavy atom. The van der Waals surface area contributed by atoms with E-state index in [1.54, 1.807) is 13.8 Å². The molecule has 1 heterocycles. The highest BCUT2D eigenvalue weighted by Gasteiger charge is 2.33. The molecule has 1 aromatic heterocycles. The van der Waals surface area contributed by atoms with Crippen LogP contribution in [0.3, 0.4) is 0 Å². The molecule has 0 radical (unpaired) electrons. The van der Waals surface area contributed by atoms with Gasteiger partial charge in [0.1, 0.15) is 15.8 Å². The van der Waals surface area contributed by atoms with Gasteiger partial charge in [0.05, 0.1) is 18.1 Å². The van der Waals surface area contributed by atoms with E-state index in [2.05, 4.69) is 10.3 Å². The molecule has 2 rings (SSSR count). The molecule has 118 valence electrons. The molecule has 0 fully saturated rings. The van der Waals surface area contributed by atoms with Gasteiger partial charge in [-0.1, -0.05) is 0 Å². The molecule has 6 nitrogen and oxygen atoms in total. The summed E-state index contributed by atoms with van der Waals surface area (Å²) >= 11 is 1.49. The van der Waals surface area contributed by atoms with Crippen LogP contribution < -0.4 is 5.32 Å². The summed E-state index contributed by atoms with van der Waals surface area (Å²) in [5.74, 6) is -0.451. The Morgan fingerprint density at radius 3 is 2.90 bits per heavy atom. The summed E-state index contributed by atoms with van der Waals surface area (Å²) in [5.41, 5.74) is 0.785. The Kier molecular flexibility index (Phi) is 4.88. The van der Waals surface area contributed by atoms with Gasteiger partial charge in [-0.3, -0.25) is 4.79 Å². The van der Waals surface area contributed by atoms with Crippen molar-refractivity contribution in [1.82, 2.24) is 4.98 Å². The minimum Gasteiger partial charge on any atom is -0.465 e. The number of esters is 1. The van der Waals surface area contributed by atoms with Crippen molar-refractivity contribution in [1.29, 1.82) is 0 Å². The normalized spacial score (nSPS) is 19.1. The highest BCUT2D eigenvalue weighted by atomic mass is 32.2. The molecule has 0 saturated carbocycles. The van der Waals surface area contributed by atoms with Crippen molar-refractivity contribution in [3.8, 4) is 0 Å². The van der Waals surface area contributed by atoms with Crippen LogP contribution in [0.4, 0.5) is 5.13 Å². The third-order valence-corrected chi connectivity index (χ3v) is 5.38. The third-order valence-electron chi connectivity index (χ3n) is 3.21. The molecule has 2 unspecified atom stereocenters. The molecule has 0 bridgehead atoms. The van der Waals surface area contributed by atoms with E-state index in [0.29, 0.717) is 11.7 Å². The van der Waals surface area contributed by atoms with Gasteiger partial charge in [-0.25, -0.2) is 13.4 Å². The number of anilines is 1. The SMILES string of the molecule is CCOC(=O)C1CCc2sc(NC(C)CS(C)(=O)=O)nc21. The lowest BCUT2D eigenvalue weighted by Crippen LogP contribution is -2.25. The summed E-state index contributed by atoms with van der Waals surface area (Å²) in [6, 6.07) is -0.215. The Balaban J connectivity index is 2.06. The Labute approximate surface area is 128 Å². The lowest BCUT2D eigenvalue weighted by atomic mass is 10.1. The first-order valence-electron chi connectivity index (χ1n) is 6.90. The molecule has 1 N–H and O–H groups in total. The first-order valence-corrected chi connectivity index (χ1v) is 9.78. The molecule has 21 heavy (non-hydrogen) atoms. The van der Waals surface area contributed by atoms with Crippen LogP contribution in [0.15, 0.2) is 0 Å². The maximum Gasteiger partial charge on any atom is 0.315 e. The molecule has 0 aromatic carbocycles. The standard InChI is InChI=1S/C13H20N2O4S2/c1-4-19-12(16)9-5-6-10-11(9)15-13(20-10)14-8(2)7-21(3,17)18/h8-9H,4-7H2,1-3H3,(H,14,15). The topological polar surface area (TPSA) is 85.4 Å². The average Bonchev–Trinajstić information content (AvgIpc) is 2.85.